The zero-order chi connectivity index (χ0) is 6.08. The minimum absolute atomic E-state index is 0.833. The van der Waals surface area contributed by atoms with E-state index in [1.165, 1.54) is 20.8 Å². The van der Waals surface area contributed by atoms with E-state index in [1.807, 2.05) is 0 Å². The second-order valence-electron chi connectivity index (χ2n) is 2.67. The van der Waals surface area contributed by atoms with Gasteiger partial charge < -0.3 is 0 Å². The van der Waals surface area contributed by atoms with Crippen LogP contribution in [0.3, 0.4) is 0 Å². The molecule has 0 spiro atoms. The summed E-state index contributed by atoms with van der Waals surface area (Å²) in [7, 11) is -2.20. The maximum absolute atomic E-state index is 11.5. The van der Waals surface area contributed by atoms with Crippen molar-refractivity contribution in [2.24, 2.45) is 0 Å². The fourth-order valence-electron chi connectivity index (χ4n) is 0. The SMILES string of the molecule is CC(C)(C)B(F)F. The van der Waals surface area contributed by atoms with Gasteiger partial charge in [0.15, 0.2) is 0 Å². The van der Waals surface area contributed by atoms with E-state index in [0.29, 0.717) is 0 Å². The first kappa shape index (κ1) is 6.92. The first-order valence-corrected chi connectivity index (χ1v) is 2.23. The molecule has 0 aromatic carbocycles. The van der Waals surface area contributed by atoms with Crippen molar-refractivity contribution in [3.05, 3.63) is 0 Å². The van der Waals surface area contributed by atoms with Crippen molar-refractivity contribution in [2.75, 3.05) is 0 Å². The van der Waals surface area contributed by atoms with Gasteiger partial charge in [-0.1, -0.05) is 20.8 Å². The van der Waals surface area contributed by atoms with Crippen molar-refractivity contribution in [1.82, 2.24) is 0 Å². The molecule has 0 unspecified atom stereocenters. The van der Waals surface area contributed by atoms with Crippen LogP contribution in [0.5, 0.6) is 0 Å². The fourth-order valence-corrected chi connectivity index (χ4v) is 0. The molecule has 0 aliphatic heterocycles. The van der Waals surface area contributed by atoms with Gasteiger partial charge in [0, 0.05) is 5.31 Å². The second kappa shape index (κ2) is 1.80. The average Bonchev–Trinajstić information content (AvgIpc) is 1.31. The van der Waals surface area contributed by atoms with Crippen LogP contribution in [0, 0.1) is 0 Å². The van der Waals surface area contributed by atoms with Crippen LogP contribution < -0.4 is 0 Å². The van der Waals surface area contributed by atoms with E-state index >= 15 is 0 Å². The Hall–Kier alpha value is -0.0751. The third-order valence-corrected chi connectivity index (χ3v) is 0.655. The quantitative estimate of drug-likeness (QED) is 0.415. The summed E-state index contributed by atoms with van der Waals surface area (Å²) < 4.78 is 23.1. The lowest BCUT2D eigenvalue weighted by atomic mass is 9.66. The Labute approximate surface area is 43.1 Å². The number of hydrogen-bond donors (Lipinski definition) is 0. The summed E-state index contributed by atoms with van der Waals surface area (Å²) >= 11 is 0. The van der Waals surface area contributed by atoms with E-state index in [1.54, 1.807) is 0 Å². The number of rotatable bonds is 0. The first-order chi connectivity index (χ1) is 2.94. The first-order valence-electron chi connectivity index (χ1n) is 2.23. The standard InChI is InChI=1S/C4H9BF2/c1-4(2,3)5(6)7/h1-3H3. The highest BCUT2D eigenvalue weighted by Crippen LogP contribution is 2.27. The van der Waals surface area contributed by atoms with E-state index in [2.05, 4.69) is 0 Å². The number of hydrogen-bond acceptors (Lipinski definition) is 0. The van der Waals surface area contributed by atoms with Gasteiger partial charge in [-0.25, -0.2) is 0 Å². The summed E-state index contributed by atoms with van der Waals surface area (Å²) in [4.78, 5) is 0. The van der Waals surface area contributed by atoms with Crippen molar-refractivity contribution in [3.63, 3.8) is 0 Å². The lowest BCUT2D eigenvalue weighted by Crippen LogP contribution is -2.13. The van der Waals surface area contributed by atoms with Crippen LogP contribution in [0.1, 0.15) is 20.8 Å². The summed E-state index contributed by atoms with van der Waals surface area (Å²) in [6, 6.07) is 0. The Kier molecular flexibility index (Phi) is 1.78. The van der Waals surface area contributed by atoms with Gasteiger partial charge in [-0.15, -0.1) is 0 Å². The van der Waals surface area contributed by atoms with E-state index < -0.39 is 12.6 Å². The zero-order valence-corrected chi connectivity index (χ0v) is 4.83. The van der Waals surface area contributed by atoms with Crippen molar-refractivity contribution in [1.29, 1.82) is 0 Å². The Bertz CT molecular complexity index is 55.2. The molecule has 0 atom stereocenters. The Morgan fingerprint density at radius 2 is 1.29 bits per heavy atom. The largest absolute Gasteiger partial charge is 0.543 e. The van der Waals surface area contributed by atoms with Crippen molar-refractivity contribution >= 4 is 7.27 Å². The molecule has 3 heteroatoms. The maximum atomic E-state index is 11.5. The summed E-state index contributed by atoms with van der Waals surface area (Å²) in [5, 5.41) is -0.833. The Balaban J connectivity index is 3.54. The van der Waals surface area contributed by atoms with Gasteiger partial charge >= 0.3 is 7.27 Å². The molecular weight excluding hydrogens is 96.9 g/mol. The fraction of sp³-hybridized carbons (Fsp3) is 1.00. The van der Waals surface area contributed by atoms with E-state index in [9.17, 15) is 8.63 Å². The molecule has 0 fully saturated rings. The van der Waals surface area contributed by atoms with Crippen molar-refractivity contribution in [3.8, 4) is 0 Å². The van der Waals surface area contributed by atoms with Gasteiger partial charge in [0.25, 0.3) is 0 Å². The zero-order valence-electron chi connectivity index (χ0n) is 4.83. The average molecular weight is 106 g/mol. The van der Waals surface area contributed by atoms with Crippen LogP contribution in [0.2, 0.25) is 5.31 Å². The van der Waals surface area contributed by atoms with Gasteiger partial charge in [-0.2, -0.15) is 0 Å². The van der Waals surface area contributed by atoms with Crippen LogP contribution in [0.25, 0.3) is 0 Å². The molecule has 0 aliphatic carbocycles. The molecule has 0 radical (unpaired) electrons. The molecule has 0 saturated carbocycles. The van der Waals surface area contributed by atoms with Crippen LogP contribution in [0.15, 0.2) is 0 Å². The van der Waals surface area contributed by atoms with Gasteiger partial charge in [0.1, 0.15) is 0 Å². The van der Waals surface area contributed by atoms with Crippen LogP contribution in [-0.2, 0) is 0 Å². The predicted molar refractivity (Wildman–Crippen MR) is 27.7 cm³/mol. The molecule has 0 saturated heterocycles. The third kappa shape index (κ3) is 2.60. The second-order valence-corrected chi connectivity index (χ2v) is 2.67. The molecule has 0 aromatic rings. The Morgan fingerprint density at radius 1 is 1.14 bits per heavy atom. The van der Waals surface area contributed by atoms with Gasteiger partial charge in [-0.05, 0) is 0 Å². The lowest BCUT2D eigenvalue weighted by molar-refractivity contribution is 0.548. The molecule has 0 amide bonds. The summed E-state index contributed by atoms with van der Waals surface area (Å²) in [6.45, 7) is 4.53. The summed E-state index contributed by atoms with van der Waals surface area (Å²) in [5.74, 6) is 0. The van der Waals surface area contributed by atoms with E-state index in [4.69, 9.17) is 0 Å². The van der Waals surface area contributed by atoms with Gasteiger partial charge in [0.05, 0.1) is 0 Å². The molecule has 0 aromatic heterocycles. The van der Waals surface area contributed by atoms with Gasteiger partial charge in [-0.3, -0.25) is 8.63 Å². The van der Waals surface area contributed by atoms with Crippen LogP contribution in [-0.4, -0.2) is 7.27 Å². The molecular formula is C4H9BF2. The van der Waals surface area contributed by atoms with Crippen LogP contribution >= 0.6 is 0 Å². The molecule has 0 aliphatic rings. The molecule has 0 rings (SSSR count). The monoisotopic (exact) mass is 106 g/mol. The van der Waals surface area contributed by atoms with E-state index in [-0.39, 0.29) is 0 Å². The highest BCUT2D eigenvalue weighted by atomic mass is 19.2. The highest BCUT2D eigenvalue weighted by Gasteiger charge is 2.30. The summed E-state index contributed by atoms with van der Waals surface area (Å²) in [6.07, 6.45) is 0. The topological polar surface area (TPSA) is 0 Å². The number of halogens is 2. The molecule has 42 valence electrons. The minimum Gasteiger partial charge on any atom is -0.286 e. The van der Waals surface area contributed by atoms with E-state index in [0.717, 1.165) is 0 Å². The molecule has 0 N–H and O–H groups in total. The molecule has 0 heterocycles. The smallest absolute Gasteiger partial charge is 0.286 e. The van der Waals surface area contributed by atoms with Crippen molar-refractivity contribution in [2.45, 2.75) is 26.1 Å². The third-order valence-electron chi connectivity index (χ3n) is 0.655. The Morgan fingerprint density at radius 3 is 1.29 bits per heavy atom. The lowest BCUT2D eigenvalue weighted by Gasteiger charge is -2.11. The van der Waals surface area contributed by atoms with Crippen molar-refractivity contribution < 1.29 is 8.63 Å². The molecule has 7 heavy (non-hydrogen) atoms. The normalized spacial score (nSPS) is 11.6. The molecule has 0 nitrogen and oxygen atoms in total. The maximum Gasteiger partial charge on any atom is 0.543 e. The van der Waals surface area contributed by atoms with Gasteiger partial charge in [0.2, 0.25) is 0 Å². The highest BCUT2D eigenvalue weighted by molar-refractivity contribution is 6.46. The molecule has 0 bridgehead atoms. The van der Waals surface area contributed by atoms with Crippen LogP contribution in [0.4, 0.5) is 8.63 Å². The predicted octanol–water partition coefficient (Wildman–Crippen LogP) is 2.21. The summed E-state index contributed by atoms with van der Waals surface area (Å²) in [5.41, 5.74) is 0. The minimum atomic E-state index is -2.20.